The minimum absolute atomic E-state index is 0.184. The number of H-pyrrole nitrogens is 1. The van der Waals surface area contributed by atoms with E-state index in [1.807, 2.05) is 11.9 Å². The van der Waals surface area contributed by atoms with Crippen LogP contribution in [0.3, 0.4) is 0 Å². The Morgan fingerprint density at radius 2 is 1.70 bits per heavy atom. The van der Waals surface area contributed by atoms with Crippen LogP contribution in [0.4, 0.5) is 24.8 Å². The maximum atomic E-state index is 13.3. The highest BCUT2D eigenvalue weighted by Gasteiger charge is 2.35. The number of anilines is 2. The van der Waals surface area contributed by atoms with E-state index in [0.29, 0.717) is 43.2 Å². The number of hydrogen-bond acceptors (Lipinski definition) is 4. The van der Waals surface area contributed by atoms with E-state index in [1.54, 1.807) is 27.8 Å². The molecule has 6 nitrogen and oxygen atoms in total. The largest absolute Gasteiger partial charge is 0.418 e. The molecule has 3 heterocycles. The molecule has 1 aliphatic heterocycles. The molecule has 1 aliphatic rings. The number of nitrogens with zero attached hydrogens (tertiary/aromatic N) is 4. The molecule has 0 atom stereocenters. The first-order chi connectivity index (χ1) is 12.8. The molecule has 1 fully saturated rings. The van der Waals surface area contributed by atoms with E-state index >= 15 is 0 Å². The topological polar surface area (TPSA) is 57.2 Å². The predicted molar refractivity (Wildman–Crippen MR) is 97.2 cm³/mol. The van der Waals surface area contributed by atoms with E-state index in [4.69, 9.17) is 0 Å². The zero-order valence-corrected chi connectivity index (χ0v) is 14.6. The van der Waals surface area contributed by atoms with Crippen LogP contribution in [0.15, 0.2) is 41.3 Å². The van der Waals surface area contributed by atoms with E-state index in [-0.39, 0.29) is 11.2 Å². The normalized spacial score (nSPS) is 15.6. The lowest BCUT2D eigenvalue weighted by atomic mass is 10.1. The van der Waals surface area contributed by atoms with Crippen LogP contribution in [0.2, 0.25) is 0 Å². The fraction of sp³-hybridized carbons (Fsp3) is 0.333. The number of rotatable bonds is 2. The number of aromatic nitrogens is 3. The summed E-state index contributed by atoms with van der Waals surface area (Å²) in [6, 6.07) is 7.31. The highest BCUT2D eigenvalue weighted by Crippen LogP contribution is 2.36. The fourth-order valence-corrected chi connectivity index (χ4v) is 3.43. The molecule has 2 aromatic heterocycles. The third-order valence-corrected chi connectivity index (χ3v) is 4.85. The van der Waals surface area contributed by atoms with Crippen LogP contribution >= 0.6 is 0 Å². The molecule has 27 heavy (non-hydrogen) atoms. The molecule has 142 valence electrons. The van der Waals surface area contributed by atoms with Crippen molar-refractivity contribution in [2.75, 3.05) is 36.0 Å². The Hall–Kier alpha value is -2.97. The first kappa shape index (κ1) is 17.4. The van der Waals surface area contributed by atoms with Gasteiger partial charge < -0.3 is 14.4 Å². The Morgan fingerprint density at radius 3 is 2.41 bits per heavy atom. The summed E-state index contributed by atoms with van der Waals surface area (Å²) in [5, 5.41) is 0.513. The molecule has 0 amide bonds. The molecule has 0 spiro atoms. The molecule has 0 bridgehead atoms. The first-order valence-electron chi connectivity index (χ1n) is 8.56. The van der Waals surface area contributed by atoms with Crippen molar-refractivity contribution in [2.45, 2.75) is 6.18 Å². The van der Waals surface area contributed by atoms with Crippen LogP contribution in [0, 0.1) is 0 Å². The maximum Gasteiger partial charge on any atom is 0.418 e. The average molecular weight is 377 g/mol. The zero-order chi connectivity index (χ0) is 19.2. The Balaban J connectivity index is 1.57. The van der Waals surface area contributed by atoms with Crippen molar-refractivity contribution >= 4 is 22.7 Å². The third-order valence-electron chi connectivity index (χ3n) is 4.85. The number of para-hydroxylation sites is 1. The van der Waals surface area contributed by atoms with Crippen molar-refractivity contribution in [3.63, 3.8) is 0 Å². The standard InChI is InChI=1S/C18H18F3N5O/c1-24-7-6-12-15(24)22-17(23-16(12)27)26-10-8-25(9-11-26)14-5-3-2-4-13(14)18(19,20)21/h2-7H,8-11H2,1H3,(H,22,23,27). The number of halogens is 3. The summed E-state index contributed by atoms with van der Waals surface area (Å²) >= 11 is 0. The van der Waals surface area contributed by atoms with Crippen molar-refractivity contribution in [2.24, 2.45) is 7.05 Å². The van der Waals surface area contributed by atoms with E-state index < -0.39 is 11.7 Å². The van der Waals surface area contributed by atoms with Crippen LogP contribution in [-0.2, 0) is 13.2 Å². The third kappa shape index (κ3) is 3.13. The van der Waals surface area contributed by atoms with E-state index in [1.165, 1.54) is 12.1 Å². The number of fused-ring (bicyclic) bond motifs is 1. The molecule has 9 heteroatoms. The smallest absolute Gasteiger partial charge is 0.367 e. The molecule has 0 radical (unpaired) electrons. The van der Waals surface area contributed by atoms with Crippen molar-refractivity contribution < 1.29 is 13.2 Å². The summed E-state index contributed by atoms with van der Waals surface area (Å²) in [6.45, 7) is 1.74. The first-order valence-corrected chi connectivity index (χ1v) is 8.56. The monoisotopic (exact) mass is 377 g/mol. The van der Waals surface area contributed by atoms with Gasteiger partial charge in [-0.3, -0.25) is 9.78 Å². The van der Waals surface area contributed by atoms with Gasteiger partial charge >= 0.3 is 6.18 Å². The summed E-state index contributed by atoms with van der Waals surface area (Å²) < 4.78 is 41.5. The van der Waals surface area contributed by atoms with Gasteiger partial charge in [0.25, 0.3) is 5.56 Å². The van der Waals surface area contributed by atoms with E-state index in [9.17, 15) is 18.0 Å². The van der Waals surface area contributed by atoms with Gasteiger partial charge in [0.2, 0.25) is 5.95 Å². The molecule has 1 saturated heterocycles. The second-order valence-corrected chi connectivity index (χ2v) is 6.54. The summed E-state index contributed by atoms with van der Waals surface area (Å²) in [4.78, 5) is 23.1. The van der Waals surface area contributed by atoms with Gasteiger partial charge in [-0.15, -0.1) is 0 Å². The fourth-order valence-electron chi connectivity index (χ4n) is 3.43. The second-order valence-electron chi connectivity index (χ2n) is 6.54. The Bertz CT molecular complexity index is 1030. The van der Waals surface area contributed by atoms with Crippen molar-refractivity contribution in [1.82, 2.24) is 14.5 Å². The van der Waals surface area contributed by atoms with Gasteiger partial charge in [-0.2, -0.15) is 18.2 Å². The highest BCUT2D eigenvalue weighted by atomic mass is 19.4. The second kappa shape index (κ2) is 6.33. The number of benzene rings is 1. The van der Waals surface area contributed by atoms with Crippen LogP contribution in [-0.4, -0.2) is 40.7 Å². The van der Waals surface area contributed by atoms with Crippen LogP contribution < -0.4 is 15.4 Å². The molecule has 0 unspecified atom stereocenters. The SMILES string of the molecule is Cn1ccc2c(=O)[nH]c(N3CCN(c4ccccc4C(F)(F)F)CC3)nc21. The number of alkyl halides is 3. The van der Waals surface area contributed by atoms with Crippen molar-refractivity contribution in [3.05, 3.63) is 52.4 Å². The van der Waals surface area contributed by atoms with Crippen molar-refractivity contribution in [3.8, 4) is 0 Å². The molecule has 0 aliphatic carbocycles. The lowest BCUT2D eigenvalue weighted by molar-refractivity contribution is -0.137. The minimum atomic E-state index is -4.39. The van der Waals surface area contributed by atoms with Gasteiger partial charge in [-0.1, -0.05) is 12.1 Å². The number of aryl methyl sites for hydroxylation is 1. The van der Waals surface area contributed by atoms with Crippen molar-refractivity contribution in [1.29, 1.82) is 0 Å². The number of hydrogen-bond donors (Lipinski definition) is 1. The number of aromatic amines is 1. The average Bonchev–Trinajstić information content (AvgIpc) is 3.03. The highest BCUT2D eigenvalue weighted by molar-refractivity contribution is 5.76. The van der Waals surface area contributed by atoms with Crippen LogP contribution in [0.1, 0.15) is 5.56 Å². The lowest BCUT2D eigenvalue weighted by Gasteiger charge is -2.37. The molecule has 1 aromatic carbocycles. The molecular formula is C18H18F3N5O. The minimum Gasteiger partial charge on any atom is -0.367 e. The predicted octanol–water partition coefficient (Wildman–Crippen LogP) is 2.61. The maximum absolute atomic E-state index is 13.3. The number of nitrogens with one attached hydrogen (secondary N) is 1. The zero-order valence-electron chi connectivity index (χ0n) is 14.6. The molecule has 4 rings (SSSR count). The Morgan fingerprint density at radius 1 is 1.04 bits per heavy atom. The summed E-state index contributed by atoms with van der Waals surface area (Å²) in [5.41, 5.74) is -0.0850. The molecule has 0 saturated carbocycles. The van der Waals surface area contributed by atoms with Crippen LogP contribution in [0.5, 0.6) is 0 Å². The Kier molecular flexibility index (Phi) is 4.09. The van der Waals surface area contributed by atoms with Gasteiger partial charge in [-0.25, -0.2) is 0 Å². The molecule has 3 aromatic rings. The molecule has 1 N–H and O–H groups in total. The van der Waals surface area contributed by atoms with E-state index in [0.717, 1.165) is 6.07 Å². The summed E-state index contributed by atoms with van der Waals surface area (Å²) in [6.07, 6.45) is -2.62. The van der Waals surface area contributed by atoms with Gasteiger partial charge in [0.05, 0.1) is 10.9 Å². The summed E-state index contributed by atoms with van der Waals surface area (Å²) in [5.74, 6) is 0.443. The van der Waals surface area contributed by atoms with Gasteiger partial charge in [-0.05, 0) is 18.2 Å². The lowest BCUT2D eigenvalue weighted by Crippen LogP contribution is -2.48. The number of piperazine rings is 1. The molecular weight excluding hydrogens is 359 g/mol. The van der Waals surface area contributed by atoms with Gasteiger partial charge in [0, 0.05) is 45.1 Å². The van der Waals surface area contributed by atoms with Gasteiger partial charge in [0.1, 0.15) is 5.65 Å². The quantitative estimate of drug-likeness (QED) is 0.746. The van der Waals surface area contributed by atoms with E-state index in [2.05, 4.69) is 9.97 Å². The van der Waals surface area contributed by atoms with Crippen LogP contribution in [0.25, 0.3) is 11.0 Å². The summed E-state index contributed by atoms with van der Waals surface area (Å²) in [7, 11) is 1.81. The Labute approximate surface area is 152 Å². The van der Waals surface area contributed by atoms with Gasteiger partial charge in [0.15, 0.2) is 0 Å².